The fourth-order valence-corrected chi connectivity index (χ4v) is 3.75. The van der Waals surface area contributed by atoms with Crippen molar-refractivity contribution in [3.63, 3.8) is 0 Å². The molecular weight excluding hydrogens is 331 g/mol. The van der Waals surface area contributed by atoms with Gasteiger partial charge in [-0.2, -0.15) is 0 Å². The van der Waals surface area contributed by atoms with Crippen LogP contribution in [0.15, 0.2) is 36.4 Å². The standard InChI is InChI=1S/C18H20BrFO/c19-17(10-8-13-5-3-4-12-21-13)15-9-11-18(20)16-7-2-1-6-14(15)16/h1-2,6-7,9,11,13,17H,3-5,8,10,12H2. The number of alkyl halides is 1. The maximum atomic E-state index is 13.9. The Morgan fingerprint density at radius 1 is 1.14 bits per heavy atom. The third kappa shape index (κ3) is 3.46. The molecule has 1 heterocycles. The van der Waals surface area contributed by atoms with Crippen molar-refractivity contribution in [1.82, 2.24) is 0 Å². The van der Waals surface area contributed by atoms with E-state index in [2.05, 4.69) is 15.9 Å². The highest BCUT2D eigenvalue weighted by atomic mass is 79.9. The van der Waals surface area contributed by atoms with Gasteiger partial charge in [-0.05, 0) is 49.1 Å². The molecule has 0 spiro atoms. The molecule has 0 bridgehead atoms. The second-order valence-electron chi connectivity index (χ2n) is 5.72. The lowest BCUT2D eigenvalue weighted by atomic mass is 9.97. The average Bonchev–Trinajstić information content (AvgIpc) is 2.54. The predicted molar refractivity (Wildman–Crippen MR) is 88.4 cm³/mol. The van der Waals surface area contributed by atoms with Crippen LogP contribution in [0.3, 0.4) is 0 Å². The molecule has 1 saturated heterocycles. The first kappa shape index (κ1) is 15.0. The fourth-order valence-electron chi connectivity index (χ4n) is 3.08. The van der Waals surface area contributed by atoms with E-state index in [-0.39, 0.29) is 10.6 Å². The topological polar surface area (TPSA) is 9.23 Å². The molecule has 0 N–H and O–H groups in total. The van der Waals surface area contributed by atoms with Gasteiger partial charge < -0.3 is 4.74 Å². The van der Waals surface area contributed by atoms with E-state index in [0.717, 1.165) is 24.8 Å². The minimum absolute atomic E-state index is 0.148. The zero-order chi connectivity index (χ0) is 14.7. The Morgan fingerprint density at radius 3 is 2.71 bits per heavy atom. The van der Waals surface area contributed by atoms with Gasteiger partial charge in [-0.1, -0.05) is 46.3 Å². The summed E-state index contributed by atoms with van der Waals surface area (Å²) < 4.78 is 19.7. The molecule has 3 heteroatoms. The number of halogens is 2. The Labute approximate surface area is 133 Å². The summed E-state index contributed by atoms with van der Waals surface area (Å²) in [6.07, 6.45) is 6.10. The largest absolute Gasteiger partial charge is 0.378 e. The highest BCUT2D eigenvalue weighted by molar-refractivity contribution is 9.09. The van der Waals surface area contributed by atoms with Gasteiger partial charge in [0.2, 0.25) is 0 Å². The third-order valence-electron chi connectivity index (χ3n) is 4.26. The summed E-state index contributed by atoms with van der Waals surface area (Å²) in [7, 11) is 0. The van der Waals surface area contributed by atoms with Crippen LogP contribution in [0.2, 0.25) is 0 Å². The SMILES string of the molecule is Fc1ccc(C(Br)CCC2CCCCO2)c2ccccc12. The van der Waals surface area contributed by atoms with Crippen molar-refractivity contribution in [2.24, 2.45) is 0 Å². The minimum Gasteiger partial charge on any atom is -0.378 e. The molecule has 0 aliphatic carbocycles. The van der Waals surface area contributed by atoms with Gasteiger partial charge in [-0.25, -0.2) is 4.39 Å². The summed E-state index contributed by atoms with van der Waals surface area (Å²) in [6.45, 7) is 0.900. The van der Waals surface area contributed by atoms with E-state index in [4.69, 9.17) is 4.74 Å². The molecule has 2 aromatic carbocycles. The lowest BCUT2D eigenvalue weighted by Gasteiger charge is -2.23. The summed E-state index contributed by atoms with van der Waals surface area (Å²) in [6, 6.07) is 11.2. The van der Waals surface area contributed by atoms with Crippen molar-refractivity contribution in [3.05, 3.63) is 47.8 Å². The van der Waals surface area contributed by atoms with Crippen LogP contribution in [0.1, 0.15) is 42.5 Å². The summed E-state index contributed by atoms with van der Waals surface area (Å²) in [5.74, 6) is -0.148. The second-order valence-corrected chi connectivity index (χ2v) is 6.82. The van der Waals surface area contributed by atoms with E-state index in [1.54, 1.807) is 6.07 Å². The van der Waals surface area contributed by atoms with Crippen molar-refractivity contribution in [2.75, 3.05) is 6.61 Å². The molecule has 0 amide bonds. The van der Waals surface area contributed by atoms with Gasteiger partial charge in [0.15, 0.2) is 0 Å². The molecule has 1 nitrogen and oxygen atoms in total. The van der Waals surface area contributed by atoms with Gasteiger partial charge >= 0.3 is 0 Å². The molecule has 0 radical (unpaired) electrons. The lowest BCUT2D eigenvalue weighted by Crippen LogP contribution is -2.19. The average molecular weight is 351 g/mol. The van der Waals surface area contributed by atoms with Gasteiger partial charge in [0, 0.05) is 16.8 Å². The summed E-state index contributed by atoms with van der Waals surface area (Å²) >= 11 is 3.78. The monoisotopic (exact) mass is 350 g/mol. The number of benzene rings is 2. The first-order valence-electron chi connectivity index (χ1n) is 7.68. The Bertz CT molecular complexity index is 607. The second kappa shape index (κ2) is 6.89. The lowest BCUT2D eigenvalue weighted by molar-refractivity contribution is 0.0102. The number of hydrogen-bond acceptors (Lipinski definition) is 1. The highest BCUT2D eigenvalue weighted by Crippen LogP contribution is 2.35. The Morgan fingerprint density at radius 2 is 1.95 bits per heavy atom. The molecule has 2 atom stereocenters. The summed E-state index contributed by atoms with van der Waals surface area (Å²) in [5, 5.41) is 1.71. The Balaban J connectivity index is 1.75. The summed E-state index contributed by atoms with van der Waals surface area (Å²) in [5.41, 5.74) is 1.17. The van der Waals surface area contributed by atoms with Crippen LogP contribution in [-0.2, 0) is 4.74 Å². The van der Waals surface area contributed by atoms with Crippen LogP contribution in [0.25, 0.3) is 10.8 Å². The molecule has 112 valence electrons. The molecule has 1 aliphatic heterocycles. The quantitative estimate of drug-likeness (QED) is 0.636. The van der Waals surface area contributed by atoms with Crippen LogP contribution in [0.4, 0.5) is 4.39 Å². The van der Waals surface area contributed by atoms with Crippen molar-refractivity contribution in [3.8, 4) is 0 Å². The van der Waals surface area contributed by atoms with Crippen LogP contribution in [0, 0.1) is 5.82 Å². The van der Waals surface area contributed by atoms with Gasteiger partial charge in [-0.3, -0.25) is 0 Å². The van der Waals surface area contributed by atoms with Crippen molar-refractivity contribution in [2.45, 2.75) is 43.0 Å². The van der Waals surface area contributed by atoms with Gasteiger partial charge in [0.25, 0.3) is 0 Å². The molecule has 21 heavy (non-hydrogen) atoms. The van der Waals surface area contributed by atoms with E-state index in [1.807, 2.05) is 30.3 Å². The zero-order valence-electron chi connectivity index (χ0n) is 12.0. The van der Waals surface area contributed by atoms with Gasteiger partial charge in [0.05, 0.1) is 6.10 Å². The van der Waals surface area contributed by atoms with Crippen molar-refractivity contribution in [1.29, 1.82) is 0 Å². The third-order valence-corrected chi connectivity index (χ3v) is 5.21. The Hall–Kier alpha value is -0.930. The molecule has 0 aromatic heterocycles. The highest BCUT2D eigenvalue weighted by Gasteiger charge is 2.18. The summed E-state index contributed by atoms with van der Waals surface area (Å²) in [4.78, 5) is 0.244. The molecule has 2 unspecified atom stereocenters. The van der Waals surface area contributed by atoms with Crippen LogP contribution >= 0.6 is 15.9 Å². The number of hydrogen-bond donors (Lipinski definition) is 0. The van der Waals surface area contributed by atoms with E-state index in [0.29, 0.717) is 11.5 Å². The van der Waals surface area contributed by atoms with Crippen LogP contribution < -0.4 is 0 Å². The van der Waals surface area contributed by atoms with Crippen molar-refractivity contribution >= 4 is 26.7 Å². The smallest absolute Gasteiger partial charge is 0.131 e. The number of ether oxygens (including phenoxy) is 1. The maximum absolute atomic E-state index is 13.9. The van der Waals surface area contributed by atoms with Crippen LogP contribution in [0.5, 0.6) is 0 Å². The molecule has 1 fully saturated rings. The Kier molecular flexibility index (Phi) is 4.91. The molecule has 1 aliphatic rings. The van der Waals surface area contributed by atoms with E-state index >= 15 is 0 Å². The van der Waals surface area contributed by atoms with E-state index in [9.17, 15) is 4.39 Å². The fraction of sp³-hybridized carbons (Fsp3) is 0.444. The van der Waals surface area contributed by atoms with Crippen LogP contribution in [-0.4, -0.2) is 12.7 Å². The molecule has 0 saturated carbocycles. The molecular formula is C18H20BrFO. The molecule has 2 aromatic rings. The van der Waals surface area contributed by atoms with Gasteiger partial charge in [-0.15, -0.1) is 0 Å². The molecule has 3 rings (SSSR count). The maximum Gasteiger partial charge on any atom is 0.131 e. The predicted octanol–water partition coefficient (Wildman–Crippen LogP) is 5.76. The van der Waals surface area contributed by atoms with E-state index < -0.39 is 0 Å². The first-order valence-corrected chi connectivity index (χ1v) is 8.60. The minimum atomic E-state index is -0.148. The first-order chi connectivity index (χ1) is 10.3. The van der Waals surface area contributed by atoms with Gasteiger partial charge in [0.1, 0.15) is 5.82 Å². The van der Waals surface area contributed by atoms with E-state index in [1.165, 1.54) is 24.8 Å². The zero-order valence-corrected chi connectivity index (χ0v) is 13.6. The number of fused-ring (bicyclic) bond motifs is 1. The number of rotatable bonds is 4. The normalized spacial score (nSPS) is 20.6. The van der Waals surface area contributed by atoms with Crippen molar-refractivity contribution < 1.29 is 9.13 Å².